The second-order valence-electron chi connectivity index (χ2n) is 5.98. The molecule has 19 heavy (non-hydrogen) atoms. The maximum Gasteiger partial charge on any atom is 0.317 e. The van der Waals surface area contributed by atoms with Crippen molar-refractivity contribution in [1.82, 2.24) is 10.2 Å². The summed E-state index contributed by atoms with van der Waals surface area (Å²) in [5.41, 5.74) is -0.668. The van der Waals surface area contributed by atoms with Crippen LogP contribution in [0.5, 0.6) is 0 Å². The van der Waals surface area contributed by atoms with Crippen LogP contribution in [0.2, 0.25) is 0 Å². The third-order valence-electron chi connectivity index (χ3n) is 4.24. The molecule has 1 heterocycles. The van der Waals surface area contributed by atoms with Gasteiger partial charge in [-0.2, -0.15) is 0 Å². The summed E-state index contributed by atoms with van der Waals surface area (Å²) in [5, 5.41) is 21.7. The minimum Gasteiger partial charge on any atom is -0.481 e. The van der Waals surface area contributed by atoms with Gasteiger partial charge in [-0.15, -0.1) is 0 Å². The normalized spacial score (nSPS) is 30.1. The summed E-state index contributed by atoms with van der Waals surface area (Å²) in [6.45, 7) is 2.89. The van der Waals surface area contributed by atoms with Crippen LogP contribution in [0.25, 0.3) is 0 Å². The first kappa shape index (κ1) is 14.1. The Morgan fingerprint density at radius 3 is 2.42 bits per heavy atom. The van der Waals surface area contributed by atoms with Crippen molar-refractivity contribution in [1.29, 1.82) is 0 Å². The molecule has 6 heteroatoms. The minimum atomic E-state index is -0.772. The number of rotatable bonds is 2. The number of carboxylic acid groups (broad SMARTS) is 1. The number of aliphatic carboxylic acids is 1. The molecule has 2 amide bonds. The summed E-state index contributed by atoms with van der Waals surface area (Å²) in [6.07, 6.45) is 3.06. The number of aliphatic hydroxyl groups is 1. The summed E-state index contributed by atoms with van der Waals surface area (Å²) < 4.78 is 0. The number of hydrogen-bond acceptors (Lipinski definition) is 3. The van der Waals surface area contributed by atoms with E-state index >= 15 is 0 Å². The van der Waals surface area contributed by atoms with Crippen LogP contribution in [-0.2, 0) is 4.79 Å². The van der Waals surface area contributed by atoms with Crippen molar-refractivity contribution in [3.05, 3.63) is 0 Å². The Bertz CT molecular complexity index is 360. The molecule has 0 aromatic rings. The molecule has 108 valence electrons. The predicted molar refractivity (Wildman–Crippen MR) is 68.7 cm³/mol. The first-order valence-electron chi connectivity index (χ1n) is 6.88. The lowest BCUT2D eigenvalue weighted by Crippen LogP contribution is -2.50. The number of carbonyl (C=O) groups is 2. The molecule has 0 unspecified atom stereocenters. The van der Waals surface area contributed by atoms with E-state index in [4.69, 9.17) is 5.11 Å². The Morgan fingerprint density at radius 2 is 1.89 bits per heavy atom. The van der Waals surface area contributed by atoms with Crippen LogP contribution in [0.3, 0.4) is 0 Å². The number of likely N-dealkylation sites (tertiary alicyclic amines) is 1. The minimum absolute atomic E-state index is 0.0314. The lowest BCUT2D eigenvalue weighted by atomic mass is 9.94. The van der Waals surface area contributed by atoms with Crippen molar-refractivity contribution in [3.63, 3.8) is 0 Å². The molecule has 2 fully saturated rings. The van der Waals surface area contributed by atoms with Crippen LogP contribution in [0.15, 0.2) is 0 Å². The highest BCUT2D eigenvalue weighted by Crippen LogP contribution is 2.26. The van der Waals surface area contributed by atoms with E-state index in [-0.39, 0.29) is 18.0 Å². The van der Waals surface area contributed by atoms with Crippen LogP contribution in [0.4, 0.5) is 4.79 Å². The van der Waals surface area contributed by atoms with Gasteiger partial charge in [-0.3, -0.25) is 4.79 Å². The Hall–Kier alpha value is -1.30. The Balaban J connectivity index is 1.78. The summed E-state index contributed by atoms with van der Waals surface area (Å²) in [5.74, 6) is -1.10. The molecule has 2 aliphatic rings. The molecule has 0 radical (unpaired) electrons. The highest BCUT2D eigenvalue weighted by Gasteiger charge is 2.33. The summed E-state index contributed by atoms with van der Waals surface area (Å²) in [7, 11) is 0. The number of carboxylic acids is 1. The van der Waals surface area contributed by atoms with Crippen molar-refractivity contribution >= 4 is 12.0 Å². The fraction of sp³-hybridized carbons (Fsp3) is 0.846. The van der Waals surface area contributed by atoms with Crippen molar-refractivity contribution in [3.8, 4) is 0 Å². The van der Waals surface area contributed by atoms with E-state index in [0.29, 0.717) is 38.8 Å². The van der Waals surface area contributed by atoms with E-state index in [0.717, 1.165) is 6.42 Å². The molecule has 0 aromatic carbocycles. The Labute approximate surface area is 112 Å². The average molecular weight is 270 g/mol. The molecule has 1 aliphatic heterocycles. The number of nitrogens with one attached hydrogen (secondary N) is 1. The fourth-order valence-electron chi connectivity index (χ4n) is 2.79. The predicted octanol–water partition coefficient (Wildman–Crippen LogP) is 0.796. The summed E-state index contributed by atoms with van der Waals surface area (Å²) >= 11 is 0. The van der Waals surface area contributed by atoms with Crippen LogP contribution in [-0.4, -0.2) is 51.8 Å². The highest BCUT2D eigenvalue weighted by atomic mass is 16.4. The molecule has 1 aliphatic carbocycles. The van der Waals surface area contributed by atoms with Gasteiger partial charge in [0.1, 0.15) is 0 Å². The Kier molecular flexibility index (Phi) is 3.99. The molecule has 1 saturated heterocycles. The van der Waals surface area contributed by atoms with Crippen molar-refractivity contribution < 1.29 is 19.8 Å². The topological polar surface area (TPSA) is 89.9 Å². The van der Waals surface area contributed by atoms with E-state index < -0.39 is 11.6 Å². The quantitative estimate of drug-likeness (QED) is 0.692. The smallest absolute Gasteiger partial charge is 0.317 e. The monoisotopic (exact) mass is 270 g/mol. The van der Waals surface area contributed by atoms with Crippen molar-refractivity contribution in [2.45, 2.75) is 50.7 Å². The average Bonchev–Trinajstić information content (AvgIpc) is 2.77. The molecule has 2 rings (SSSR count). The van der Waals surface area contributed by atoms with Gasteiger partial charge in [0.15, 0.2) is 0 Å². The van der Waals surface area contributed by atoms with Crippen LogP contribution < -0.4 is 5.32 Å². The van der Waals surface area contributed by atoms with Gasteiger partial charge in [0.25, 0.3) is 0 Å². The van der Waals surface area contributed by atoms with Crippen LogP contribution in [0.1, 0.15) is 39.0 Å². The zero-order chi connectivity index (χ0) is 14.0. The van der Waals surface area contributed by atoms with Gasteiger partial charge in [-0.05, 0) is 39.0 Å². The van der Waals surface area contributed by atoms with Gasteiger partial charge in [0, 0.05) is 19.1 Å². The number of piperidine rings is 1. The maximum atomic E-state index is 12.0. The molecular weight excluding hydrogens is 248 g/mol. The van der Waals surface area contributed by atoms with Gasteiger partial charge >= 0.3 is 12.0 Å². The second-order valence-corrected chi connectivity index (χ2v) is 5.98. The molecular formula is C13H22N2O4. The first-order valence-corrected chi connectivity index (χ1v) is 6.88. The molecule has 0 aromatic heterocycles. The van der Waals surface area contributed by atoms with Crippen LogP contribution >= 0.6 is 0 Å². The number of amides is 2. The molecule has 3 N–H and O–H groups in total. The maximum absolute atomic E-state index is 12.0. The van der Waals surface area contributed by atoms with E-state index in [1.165, 1.54) is 0 Å². The van der Waals surface area contributed by atoms with E-state index in [1.54, 1.807) is 11.8 Å². The number of nitrogens with zero attached hydrogens (tertiary/aromatic N) is 1. The van der Waals surface area contributed by atoms with Gasteiger partial charge in [0.2, 0.25) is 0 Å². The third kappa shape index (κ3) is 3.59. The Morgan fingerprint density at radius 1 is 1.26 bits per heavy atom. The third-order valence-corrected chi connectivity index (χ3v) is 4.24. The van der Waals surface area contributed by atoms with Gasteiger partial charge in [-0.25, -0.2) is 4.79 Å². The standard InChI is InChI=1S/C13H22N2O4/c1-13(19)4-6-15(7-5-13)12(18)14-10-3-2-9(8-10)11(16)17/h9-10,19H,2-8H2,1H3,(H,14,18)(H,16,17)/t9-,10+/m1/s1. The summed E-state index contributed by atoms with van der Waals surface area (Å²) in [6, 6.07) is -0.164. The zero-order valence-corrected chi connectivity index (χ0v) is 11.3. The molecule has 0 bridgehead atoms. The molecule has 1 saturated carbocycles. The summed E-state index contributed by atoms with van der Waals surface area (Å²) in [4.78, 5) is 24.6. The van der Waals surface area contributed by atoms with E-state index in [2.05, 4.69) is 5.32 Å². The fourth-order valence-corrected chi connectivity index (χ4v) is 2.79. The first-order chi connectivity index (χ1) is 8.87. The van der Waals surface area contributed by atoms with Crippen LogP contribution in [0, 0.1) is 5.92 Å². The number of hydrogen-bond donors (Lipinski definition) is 3. The molecule has 6 nitrogen and oxygen atoms in total. The van der Waals surface area contributed by atoms with E-state index in [9.17, 15) is 14.7 Å². The van der Waals surface area contributed by atoms with Crippen molar-refractivity contribution in [2.24, 2.45) is 5.92 Å². The highest BCUT2D eigenvalue weighted by molar-refractivity contribution is 5.75. The van der Waals surface area contributed by atoms with Crippen molar-refractivity contribution in [2.75, 3.05) is 13.1 Å². The lowest BCUT2D eigenvalue weighted by Gasteiger charge is -2.36. The lowest BCUT2D eigenvalue weighted by molar-refractivity contribution is -0.141. The van der Waals surface area contributed by atoms with Gasteiger partial charge in [0.05, 0.1) is 11.5 Å². The SMILES string of the molecule is CC1(O)CCN(C(=O)N[C@H]2CC[C@@H](C(=O)O)C2)CC1. The van der Waals surface area contributed by atoms with Gasteiger partial charge in [-0.1, -0.05) is 0 Å². The largest absolute Gasteiger partial charge is 0.481 e. The number of urea groups is 1. The zero-order valence-electron chi connectivity index (χ0n) is 11.3. The second kappa shape index (κ2) is 5.36. The molecule has 2 atom stereocenters. The molecule has 0 spiro atoms. The number of carbonyl (C=O) groups excluding carboxylic acids is 1. The van der Waals surface area contributed by atoms with Gasteiger partial charge < -0.3 is 20.4 Å². The van der Waals surface area contributed by atoms with E-state index in [1.807, 2.05) is 0 Å².